The van der Waals surface area contributed by atoms with Crippen molar-refractivity contribution in [2.75, 3.05) is 12.8 Å². The van der Waals surface area contributed by atoms with Crippen LogP contribution in [-0.2, 0) is 11.4 Å². The number of ether oxygens (including phenoxy) is 1. The van der Waals surface area contributed by atoms with Crippen molar-refractivity contribution in [3.63, 3.8) is 0 Å². The third-order valence-electron chi connectivity index (χ3n) is 2.75. The highest BCUT2D eigenvalue weighted by atomic mass is 16.5. The molecule has 2 aromatic heterocycles. The van der Waals surface area contributed by atoms with Gasteiger partial charge < -0.3 is 10.5 Å². The van der Waals surface area contributed by atoms with Gasteiger partial charge in [-0.15, -0.1) is 0 Å². The summed E-state index contributed by atoms with van der Waals surface area (Å²) in [5.41, 5.74) is 8.45. The van der Waals surface area contributed by atoms with Crippen LogP contribution in [0.3, 0.4) is 0 Å². The molecule has 96 valence electrons. The molecule has 0 atom stereocenters. The summed E-state index contributed by atoms with van der Waals surface area (Å²) < 4.78 is 7.93. The normalized spacial score (nSPS) is 10.6. The Morgan fingerprint density at radius 1 is 1.44 bits per heavy atom. The minimum Gasteiger partial charge on any atom is -0.464 e. The first-order chi connectivity index (χ1) is 8.52. The SMILES string of the molecule is COC(=O)c1ccn(Cn2nc(C)c(N)c2C)n1. The molecule has 0 spiro atoms. The number of methoxy groups -OCH3 is 1. The van der Waals surface area contributed by atoms with Gasteiger partial charge in [0.25, 0.3) is 0 Å². The maximum absolute atomic E-state index is 11.3. The van der Waals surface area contributed by atoms with E-state index in [9.17, 15) is 4.79 Å². The Morgan fingerprint density at radius 3 is 2.72 bits per heavy atom. The van der Waals surface area contributed by atoms with E-state index in [-0.39, 0.29) is 5.69 Å². The zero-order valence-electron chi connectivity index (χ0n) is 10.5. The number of carbonyl (C=O) groups is 1. The van der Waals surface area contributed by atoms with E-state index in [2.05, 4.69) is 14.9 Å². The van der Waals surface area contributed by atoms with Crippen molar-refractivity contribution >= 4 is 11.7 Å². The van der Waals surface area contributed by atoms with Crippen molar-refractivity contribution in [2.24, 2.45) is 0 Å². The van der Waals surface area contributed by atoms with Crippen LogP contribution in [0.4, 0.5) is 5.69 Å². The lowest BCUT2D eigenvalue weighted by Crippen LogP contribution is -2.13. The van der Waals surface area contributed by atoms with Gasteiger partial charge in [-0.2, -0.15) is 10.2 Å². The van der Waals surface area contributed by atoms with Crippen molar-refractivity contribution in [2.45, 2.75) is 20.5 Å². The Balaban J connectivity index is 2.21. The van der Waals surface area contributed by atoms with E-state index >= 15 is 0 Å². The number of aryl methyl sites for hydroxylation is 1. The Bertz CT molecular complexity index is 584. The van der Waals surface area contributed by atoms with Gasteiger partial charge in [-0.3, -0.25) is 4.68 Å². The Labute approximate surface area is 104 Å². The average Bonchev–Trinajstić information content (AvgIpc) is 2.91. The molecule has 18 heavy (non-hydrogen) atoms. The zero-order chi connectivity index (χ0) is 13.3. The van der Waals surface area contributed by atoms with Gasteiger partial charge in [-0.25, -0.2) is 9.48 Å². The number of esters is 1. The van der Waals surface area contributed by atoms with Crippen LogP contribution in [0.2, 0.25) is 0 Å². The molecule has 0 unspecified atom stereocenters. The zero-order valence-corrected chi connectivity index (χ0v) is 10.5. The number of carbonyl (C=O) groups excluding carboxylic acids is 1. The van der Waals surface area contributed by atoms with Crippen molar-refractivity contribution in [1.29, 1.82) is 0 Å². The lowest BCUT2D eigenvalue weighted by atomic mass is 10.3. The van der Waals surface area contributed by atoms with Gasteiger partial charge in [0, 0.05) is 6.20 Å². The summed E-state index contributed by atoms with van der Waals surface area (Å²) in [5.74, 6) is -0.457. The van der Waals surface area contributed by atoms with Crippen molar-refractivity contribution in [3.05, 3.63) is 29.3 Å². The van der Waals surface area contributed by atoms with Gasteiger partial charge >= 0.3 is 5.97 Å². The minimum absolute atomic E-state index is 0.270. The van der Waals surface area contributed by atoms with Crippen LogP contribution in [0.15, 0.2) is 12.3 Å². The Morgan fingerprint density at radius 2 is 2.17 bits per heavy atom. The Hall–Kier alpha value is -2.31. The van der Waals surface area contributed by atoms with Crippen LogP contribution >= 0.6 is 0 Å². The molecule has 7 nitrogen and oxygen atoms in total. The maximum Gasteiger partial charge on any atom is 0.358 e. The molecular formula is C11H15N5O2. The van der Waals surface area contributed by atoms with Crippen LogP contribution in [0, 0.1) is 13.8 Å². The van der Waals surface area contributed by atoms with Crippen LogP contribution in [0.25, 0.3) is 0 Å². The predicted molar refractivity (Wildman–Crippen MR) is 65.1 cm³/mol. The van der Waals surface area contributed by atoms with Crippen molar-refractivity contribution < 1.29 is 9.53 Å². The summed E-state index contributed by atoms with van der Waals surface area (Å²) in [7, 11) is 1.32. The fraction of sp³-hybridized carbons (Fsp3) is 0.364. The molecule has 0 aliphatic carbocycles. The number of hydrogen-bond acceptors (Lipinski definition) is 5. The number of aromatic nitrogens is 4. The van der Waals surface area contributed by atoms with Crippen LogP contribution in [-0.4, -0.2) is 32.6 Å². The Kier molecular flexibility index (Phi) is 3.05. The molecule has 0 aliphatic rings. The smallest absolute Gasteiger partial charge is 0.358 e. The fourth-order valence-corrected chi connectivity index (χ4v) is 1.64. The topological polar surface area (TPSA) is 88.0 Å². The lowest BCUT2D eigenvalue weighted by Gasteiger charge is -2.04. The number of hydrogen-bond donors (Lipinski definition) is 1. The summed E-state index contributed by atoms with van der Waals surface area (Å²) in [6, 6.07) is 1.60. The molecule has 0 fully saturated rings. The first-order valence-electron chi connectivity index (χ1n) is 5.44. The van der Waals surface area contributed by atoms with Crippen molar-refractivity contribution in [3.8, 4) is 0 Å². The maximum atomic E-state index is 11.3. The van der Waals surface area contributed by atoms with Crippen molar-refractivity contribution in [1.82, 2.24) is 19.6 Å². The van der Waals surface area contributed by atoms with E-state index in [1.165, 1.54) is 7.11 Å². The number of nitrogens with zero attached hydrogens (tertiary/aromatic N) is 4. The summed E-state index contributed by atoms with van der Waals surface area (Å²) in [5, 5.41) is 8.39. The second kappa shape index (κ2) is 4.52. The monoisotopic (exact) mass is 249 g/mol. The van der Waals surface area contributed by atoms with Gasteiger partial charge in [0.05, 0.1) is 24.2 Å². The first-order valence-corrected chi connectivity index (χ1v) is 5.44. The number of nitrogens with two attached hydrogens (primary N) is 1. The van der Waals surface area contributed by atoms with E-state index in [0.717, 1.165) is 11.4 Å². The highest BCUT2D eigenvalue weighted by Crippen LogP contribution is 2.14. The third-order valence-corrected chi connectivity index (χ3v) is 2.75. The predicted octanol–water partition coefficient (Wildman–Crippen LogP) is 0.571. The first kappa shape index (κ1) is 12.2. The number of rotatable bonds is 3. The summed E-state index contributed by atoms with van der Waals surface area (Å²) in [4.78, 5) is 11.3. The van der Waals surface area contributed by atoms with Gasteiger partial charge in [-0.1, -0.05) is 0 Å². The van der Waals surface area contributed by atoms with Gasteiger partial charge in [-0.05, 0) is 19.9 Å². The molecule has 0 aromatic carbocycles. The molecule has 2 rings (SSSR count). The average molecular weight is 249 g/mol. The molecule has 0 bridgehead atoms. The molecular weight excluding hydrogens is 234 g/mol. The lowest BCUT2D eigenvalue weighted by molar-refractivity contribution is 0.0593. The van der Waals surface area contributed by atoms with Crippen LogP contribution in [0.5, 0.6) is 0 Å². The van der Waals surface area contributed by atoms with Gasteiger partial charge in [0.15, 0.2) is 5.69 Å². The van der Waals surface area contributed by atoms with Gasteiger partial charge in [0.2, 0.25) is 0 Å². The third kappa shape index (κ3) is 2.06. The van der Waals surface area contributed by atoms with E-state index in [1.807, 2.05) is 13.8 Å². The van der Waals surface area contributed by atoms with E-state index < -0.39 is 5.97 Å². The molecule has 0 aliphatic heterocycles. The fourth-order valence-electron chi connectivity index (χ4n) is 1.64. The molecule has 0 saturated heterocycles. The molecule has 0 amide bonds. The molecule has 0 saturated carbocycles. The van der Waals surface area contributed by atoms with E-state index in [1.54, 1.807) is 21.6 Å². The minimum atomic E-state index is -0.457. The molecule has 2 N–H and O–H groups in total. The summed E-state index contributed by atoms with van der Waals surface area (Å²) in [6.45, 7) is 4.14. The quantitative estimate of drug-likeness (QED) is 0.803. The van der Waals surface area contributed by atoms with Crippen LogP contribution < -0.4 is 5.73 Å². The highest BCUT2D eigenvalue weighted by molar-refractivity contribution is 5.86. The largest absolute Gasteiger partial charge is 0.464 e. The molecule has 7 heteroatoms. The second-order valence-electron chi connectivity index (χ2n) is 3.96. The molecule has 2 heterocycles. The second-order valence-corrected chi connectivity index (χ2v) is 3.96. The summed E-state index contributed by atoms with van der Waals surface area (Å²) in [6.07, 6.45) is 1.69. The standard InChI is InChI=1S/C11H15N5O2/c1-7-10(12)8(2)16(13-7)6-15-5-4-9(14-15)11(17)18-3/h4-5H,6,12H2,1-3H3. The van der Waals surface area contributed by atoms with E-state index in [4.69, 9.17) is 5.73 Å². The number of nitrogen functional groups attached to an aromatic ring is 1. The molecule has 0 radical (unpaired) electrons. The van der Waals surface area contributed by atoms with Crippen LogP contribution in [0.1, 0.15) is 21.9 Å². The van der Waals surface area contributed by atoms with Gasteiger partial charge in [0.1, 0.15) is 6.67 Å². The summed E-state index contributed by atoms with van der Waals surface area (Å²) >= 11 is 0. The highest BCUT2D eigenvalue weighted by Gasteiger charge is 2.11. The van der Waals surface area contributed by atoms with E-state index in [0.29, 0.717) is 12.4 Å². The number of anilines is 1. The molecule has 2 aromatic rings.